The lowest BCUT2D eigenvalue weighted by molar-refractivity contribution is 0.119. The minimum absolute atomic E-state index is 0.141. The van der Waals surface area contributed by atoms with E-state index < -0.39 is 0 Å². The highest BCUT2D eigenvalue weighted by Gasteiger charge is 2.34. The molecule has 1 atom stereocenters. The van der Waals surface area contributed by atoms with Gasteiger partial charge in [-0.3, -0.25) is 4.90 Å². The number of benzene rings is 1. The smallest absolute Gasteiger partial charge is 0.0433 e. The molecule has 1 aliphatic heterocycles. The molecule has 1 saturated carbocycles. The predicted octanol–water partition coefficient (Wildman–Crippen LogP) is 2.37. The minimum Gasteiger partial charge on any atom is -0.329 e. The summed E-state index contributed by atoms with van der Waals surface area (Å²) in [5.41, 5.74) is 7.68. The standard InChI is InChI=1S/C18H29N3/c19-14-18(20-11-9-16-7-8-16)10-4-12-21(15-18)13-17-5-2-1-3-6-17/h1-3,5-6,16,20H,4,7-15,19H2. The fourth-order valence-corrected chi connectivity index (χ4v) is 3.53. The zero-order chi connectivity index (χ0) is 14.5. The average molecular weight is 287 g/mol. The van der Waals surface area contributed by atoms with Crippen molar-refractivity contribution in [3.8, 4) is 0 Å². The van der Waals surface area contributed by atoms with Crippen LogP contribution in [0.15, 0.2) is 30.3 Å². The lowest BCUT2D eigenvalue weighted by atomic mass is 9.88. The highest BCUT2D eigenvalue weighted by atomic mass is 15.2. The Morgan fingerprint density at radius 1 is 1.24 bits per heavy atom. The molecule has 1 heterocycles. The van der Waals surface area contributed by atoms with E-state index in [4.69, 9.17) is 5.73 Å². The zero-order valence-electron chi connectivity index (χ0n) is 13.1. The van der Waals surface area contributed by atoms with Crippen molar-refractivity contribution in [1.82, 2.24) is 10.2 Å². The van der Waals surface area contributed by atoms with Crippen molar-refractivity contribution in [3.63, 3.8) is 0 Å². The molecule has 0 bridgehead atoms. The van der Waals surface area contributed by atoms with Gasteiger partial charge in [0.2, 0.25) is 0 Å². The molecule has 1 aromatic rings. The topological polar surface area (TPSA) is 41.3 Å². The summed E-state index contributed by atoms with van der Waals surface area (Å²) < 4.78 is 0. The van der Waals surface area contributed by atoms with Crippen LogP contribution in [0.5, 0.6) is 0 Å². The molecular weight excluding hydrogens is 258 g/mol. The average Bonchev–Trinajstić information content (AvgIpc) is 3.33. The SMILES string of the molecule is NCC1(NCCC2CC2)CCCN(Cc2ccccc2)C1. The van der Waals surface area contributed by atoms with Gasteiger partial charge in [0, 0.05) is 25.2 Å². The fraction of sp³-hybridized carbons (Fsp3) is 0.667. The molecule has 0 aromatic heterocycles. The highest BCUT2D eigenvalue weighted by Crippen LogP contribution is 2.32. The van der Waals surface area contributed by atoms with Crippen molar-refractivity contribution in [2.45, 2.75) is 44.2 Å². The van der Waals surface area contributed by atoms with E-state index in [-0.39, 0.29) is 5.54 Å². The van der Waals surface area contributed by atoms with Gasteiger partial charge >= 0.3 is 0 Å². The van der Waals surface area contributed by atoms with Crippen LogP contribution in [0.2, 0.25) is 0 Å². The van der Waals surface area contributed by atoms with Gasteiger partial charge in [0.15, 0.2) is 0 Å². The maximum absolute atomic E-state index is 6.14. The van der Waals surface area contributed by atoms with Gasteiger partial charge in [0.05, 0.1) is 0 Å². The Morgan fingerprint density at radius 3 is 2.76 bits per heavy atom. The van der Waals surface area contributed by atoms with Crippen molar-refractivity contribution < 1.29 is 0 Å². The molecule has 0 amide bonds. The molecule has 3 N–H and O–H groups in total. The van der Waals surface area contributed by atoms with Gasteiger partial charge in [0.25, 0.3) is 0 Å². The third-order valence-electron chi connectivity index (χ3n) is 5.05. The van der Waals surface area contributed by atoms with E-state index in [0.717, 1.165) is 32.1 Å². The number of hydrogen-bond donors (Lipinski definition) is 2. The molecule has 0 spiro atoms. The highest BCUT2D eigenvalue weighted by molar-refractivity contribution is 5.15. The van der Waals surface area contributed by atoms with E-state index >= 15 is 0 Å². The Bertz CT molecular complexity index is 429. The van der Waals surface area contributed by atoms with Gasteiger partial charge in [-0.25, -0.2) is 0 Å². The maximum Gasteiger partial charge on any atom is 0.0433 e. The number of likely N-dealkylation sites (tertiary alicyclic amines) is 1. The first-order valence-electron chi connectivity index (χ1n) is 8.51. The van der Waals surface area contributed by atoms with Crippen LogP contribution in [0.3, 0.4) is 0 Å². The maximum atomic E-state index is 6.14. The summed E-state index contributed by atoms with van der Waals surface area (Å²) in [5.74, 6) is 0.997. The van der Waals surface area contributed by atoms with E-state index in [1.54, 1.807) is 0 Å². The molecule has 0 radical (unpaired) electrons. The van der Waals surface area contributed by atoms with Crippen LogP contribution in [-0.2, 0) is 6.54 Å². The van der Waals surface area contributed by atoms with Gasteiger partial charge in [0.1, 0.15) is 0 Å². The number of rotatable bonds is 7. The predicted molar refractivity (Wildman–Crippen MR) is 88.1 cm³/mol. The van der Waals surface area contributed by atoms with Crippen molar-refractivity contribution in [2.24, 2.45) is 11.7 Å². The second-order valence-electron chi connectivity index (χ2n) is 6.94. The summed E-state index contributed by atoms with van der Waals surface area (Å²) >= 11 is 0. The van der Waals surface area contributed by atoms with E-state index in [0.29, 0.717) is 0 Å². The fourth-order valence-electron chi connectivity index (χ4n) is 3.53. The van der Waals surface area contributed by atoms with Crippen LogP contribution in [0.25, 0.3) is 0 Å². The number of hydrogen-bond acceptors (Lipinski definition) is 3. The van der Waals surface area contributed by atoms with Crippen LogP contribution in [0.4, 0.5) is 0 Å². The number of piperidine rings is 1. The summed E-state index contributed by atoms with van der Waals surface area (Å²) in [7, 11) is 0. The Balaban J connectivity index is 1.54. The van der Waals surface area contributed by atoms with Gasteiger partial charge in [-0.05, 0) is 43.8 Å². The first kappa shape index (κ1) is 15.0. The molecule has 1 aromatic carbocycles. The Labute approximate surface area is 128 Å². The van der Waals surface area contributed by atoms with Crippen LogP contribution in [0.1, 0.15) is 37.7 Å². The molecule has 1 unspecified atom stereocenters. The van der Waals surface area contributed by atoms with Gasteiger partial charge in [-0.2, -0.15) is 0 Å². The van der Waals surface area contributed by atoms with Gasteiger partial charge in [-0.1, -0.05) is 43.2 Å². The van der Waals surface area contributed by atoms with E-state index in [1.165, 1.54) is 44.2 Å². The number of nitrogens with zero attached hydrogens (tertiary/aromatic N) is 1. The first-order valence-corrected chi connectivity index (χ1v) is 8.51. The second-order valence-corrected chi connectivity index (χ2v) is 6.94. The van der Waals surface area contributed by atoms with E-state index in [1.807, 2.05) is 0 Å². The lowest BCUT2D eigenvalue weighted by Crippen LogP contribution is -2.61. The lowest BCUT2D eigenvalue weighted by Gasteiger charge is -2.43. The summed E-state index contributed by atoms with van der Waals surface area (Å²) in [4.78, 5) is 2.57. The van der Waals surface area contributed by atoms with Crippen LogP contribution < -0.4 is 11.1 Å². The minimum atomic E-state index is 0.141. The summed E-state index contributed by atoms with van der Waals surface area (Å²) in [6.45, 7) is 5.22. The largest absolute Gasteiger partial charge is 0.329 e. The first-order chi connectivity index (χ1) is 10.3. The van der Waals surface area contributed by atoms with Gasteiger partial charge in [-0.15, -0.1) is 0 Å². The van der Waals surface area contributed by atoms with Crippen LogP contribution >= 0.6 is 0 Å². The Morgan fingerprint density at radius 2 is 2.05 bits per heavy atom. The zero-order valence-corrected chi connectivity index (χ0v) is 13.1. The summed E-state index contributed by atoms with van der Waals surface area (Å²) in [6, 6.07) is 10.8. The molecule has 1 aliphatic carbocycles. The van der Waals surface area contributed by atoms with Crippen molar-refractivity contribution in [1.29, 1.82) is 0 Å². The molecule has 2 fully saturated rings. The third kappa shape index (κ3) is 4.29. The quantitative estimate of drug-likeness (QED) is 0.809. The molecule has 21 heavy (non-hydrogen) atoms. The van der Waals surface area contributed by atoms with Crippen molar-refractivity contribution in [2.75, 3.05) is 26.2 Å². The number of nitrogens with one attached hydrogen (secondary N) is 1. The monoisotopic (exact) mass is 287 g/mol. The second kappa shape index (κ2) is 6.91. The Kier molecular flexibility index (Phi) is 4.94. The molecule has 3 nitrogen and oxygen atoms in total. The normalized spacial score (nSPS) is 26.9. The molecular formula is C18H29N3. The third-order valence-corrected chi connectivity index (χ3v) is 5.05. The molecule has 3 heteroatoms. The van der Waals surface area contributed by atoms with Crippen molar-refractivity contribution >= 4 is 0 Å². The molecule has 2 aliphatic rings. The van der Waals surface area contributed by atoms with E-state index in [2.05, 4.69) is 40.5 Å². The molecule has 116 valence electrons. The summed E-state index contributed by atoms with van der Waals surface area (Å²) in [5, 5.41) is 3.81. The Hall–Kier alpha value is -0.900. The van der Waals surface area contributed by atoms with E-state index in [9.17, 15) is 0 Å². The summed E-state index contributed by atoms with van der Waals surface area (Å²) in [6.07, 6.45) is 6.69. The van der Waals surface area contributed by atoms with Crippen LogP contribution in [0, 0.1) is 5.92 Å². The molecule has 3 rings (SSSR count). The number of nitrogens with two attached hydrogens (primary N) is 1. The molecule has 1 saturated heterocycles. The van der Waals surface area contributed by atoms with Crippen LogP contribution in [-0.4, -0.2) is 36.6 Å². The van der Waals surface area contributed by atoms with Gasteiger partial charge < -0.3 is 11.1 Å². The van der Waals surface area contributed by atoms with Crippen molar-refractivity contribution in [3.05, 3.63) is 35.9 Å².